The summed E-state index contributed by atoms with van der Waals surface area (Å²) in [5.74, 6) is -0.0766. The third-order valence-corrected chi connectivity index (χ3v) is 8.05. The molecule has 0 aliphatic carbocycles. The van der Waals surface area contributed by atoms with E-state index in [1.54, 1.807) is 50.2 Å². The van der Waals surface area contributed by atoms with Crippen molar-refractivity contribution in [2.24, 2.45) is 0 Å². The first kappa shape index (κ1) is 21.5. The monoisotopic (exact) mass is 442 g/mol. The number of piperazine rings is 1. The van der Waals surface area contributed by atoms with Gasteiger partial charge in [-0.3, -0.25) is 9.69 Å². The van der Waals surface area contributed by atoms with Crippen LogP contribution < -0.4 is 0 Å². The SMILES string of the molecule is CC(C)S(=O)(=O)N1CCN(Cc2c(O)ccc3occ(C(=O)c4ccccc4)c23)CC1. The molecule has 1 fully saturated rings. The molecular formula is C23H26N2O5S. The van der Waals surface area contributed by atoms with Gasteiger partial charge in [-0.25, -0.2) is 8.42 Å². The number of carbonyl (C=O) groups is 1. The maximum Gasteiger partial charge on any atom is 0.216 e. The van der Waals surface area contributed by atoms with Crippen LogP contribution in [-0.4, -0.2) is 59.9 Å². The Kier molecular flexibility index (Phi) is 5.88. The van der Waals surface area contributed by atoms with Gasteiger partial charge in [0.1, 0.15) is 17.6 Å². The number of phenols is 1. The second-order valence-corrected chi connectivity index (χ2v) is 10.5. The van der Waals surface area contributed by atoms with Gasteiger partial charge in [0.15, 0.2) is 5.78 Å². The average molecular weight is 443 g/mol. The Balaban J connectivity index is 1.61. The van der Waals surface area contributed by atoms with Gasteiger partial charge in [-0.2, -0.15) is 4.31 Å². The van der Waals surface area contributed by atoms with Crippen molar-refractivity contribution in [2.45, 2.75) is 25.6 Å². The highest BCUT2D eigenvalue weighted by Crippen LogP contribution is 2.34. The third-order valence-electron chi connectivity index (χ3n) is 5.77. The van der Waals surface area contributed by atoms with E-state index in [1.807, 2.05) is 6.07 Å². The molecule has 0 atom stereocenters. The topological polar surface area (TPSA) is 91.1 Å². The summed E-state index contributed by atoms with van der Waals surface area (Å²) in [4.78, 5) is 15.2. The molecule has 2 aromatic carbocycles. The zero-order valence-corrected chi connectivity index (χ0v) is 18.4. The van der Waals surface area contributed by atoms with Crippen molar-refractivity contribution in [2.75, 3.05) is 26.2 Å². The first-order chi connectivity index (χ1) is 14.8. The second kappa shape index (κ2) is 8.45. The van der Waals surface area contributed by atoms with Crippen molar-refractivity contribution >= 4 is 26.8 Å². The lowest BCUT2D eigenvalue weighted by Gasteiger charge is -2.35. The van der Waals surface area contributed by atoms with Crippen LogP contribution >= 0.6 is 0 Å². The van der Waals surface area contributed by atoms with Crippen LogP contribution in [0.5, 0.6) is 5.75 Å². The van der Waals surface area contributed by atoms with Gasteiger partial charge in [0, 0.05) is 49.2 Å². The zero-order valence-electron chi connectivity index (χ0n) is 17.6. The van der Waals surface area contributed by atoms with Crippen LogP contribution in [0.15, 0.2) is 53.1 Å². The Labute approximate surface area is 181 Å². The Bertz CT molecular complexity index is 1190. The molecule has 7 nitrogen and oxygen atoms in total. The largest absolute Gasteiger partial charge is 0.508 e. The van der Waals surface area contributed by atoms with Crippen LogP contribution in [0.25, 0.3) is 11.0 Å². The van der Waals surface area contributed by atoms with Gasteiger partial charge >= 0.3 is 0 Å². The van der Waals surface area contributed by atoms with E-state index >= 15 is 0 Å². The average Bonchev–Trinajstić information content (AvgIpc) is 3.20. The molecule has 164 valence electrons. The van der Waals surface area contributed by atoms with Crippen LogP contribution in [0.1, 0.15) is 35.3 Å². The van der Waals surface area contributed by atoms with Crippen LogP contribution in [0.3, 0.4) is 0 Å². The van der Waals surface area contributed by atoms with E-state index in [9.17, 15) is 18.3 Å². The number of ketones is 1. The number of phenolic OH excluding ortho intramolecular Hbond substituents is 1. The summed E-state index contributed by atoms with van der Waals surface area (Å²) in [6.07, 6.45) is 1.44. The van der Waals surface area contributed by atoms with E-state index in [-0.39, 0.29) is 11.5 Å². The highest BCUT2D eigenvalue weighted by molar-refractivity contribution is 7.89. The predicted molar refractivity (Wildman–Crippen MR) is 119 cm³/mol. The van der Waals surface area contributed by atoms with Crippen LogP contribution in [-0.2, 0) is 16.6 Å². The molecule has 0 saturated carbocycles. The molecule has 8 heteroatoms. The summed E-state index contributed by atoms with van der Waals surface area (Å²) < 4.78 is 32.0. The lowest BCUT2D eigenvalue weighted by molar-refractivity contribution is 0.103. The molecule has 0 radical (unpaired) electrons. The summed E-state index contributed by atoms with van der Waals surface area (Å²) in [6.45, 7) is 5.66. The van der Waals surface area contributed by atoms with Crippen molar-refractivity contribution in [1.29, 1.82) is 0 Å². The molecule has 1 saturated heterocycles. The van der Waals surface area contributed by atoms with Gasteiger partial charge in [0.05, 0.1) is 10.8 Å². The smallest absolute Gasteiger partial charge is 0.216 e. The maximum absolute atomic E-state index is 13.1. The van der Waals surface area contributed by atoms with E-state index in [4.69, 9.17) is 4.42 Å². The fourth-order valence-electron chi connectivity index (χ4n) is 3.93. The number of benzene rings is 2. The summed E-state index contributed by atoms with van der Waals surface area (Å²) >= 11 is 0. The van der Waals surface area contributed by atoms with Gasteiger partial charge in [0.25, 0.3) is 0 Å². The molecule has 1 N–H and O–H groups in total. The van der Waals surface area contributed by atoms with Gasteiger partial charge in [0.2, 0.25) is 10.0 Å². The third kappa shape index (κ3) is 4.11. The van der Waals surface area contributed by atoms with Crippen LogP contribution in [0, 0.1) is 0 Å². The highest BCUT2D eigenvalue weighted by Gasteiger charge is 2.30. The van der Waals surface area contributed by atoms with Gasteiger partial charge in [-0.15, -0.1) is 0 Å². The number of hydrogen-bond acceptors (Lipinski definition) is 6. The molecule has 1 aliphatic heterocycles. The summed E-state index contributed by atoms with van der Waals surface area (Å²) in [6, 6.07) is 12.2. The van der Waals surface area contributed by atoms with Crippen molar-refractivity contribution in [1.82, 2.24) is 9.21 Å². The number of rotatable bonds is 6. The van der Waals surface area contributed by atoms with Crippen LogP contribution in [0.2, 0.25) is 0 Å². The number of fused-ring (bicyclic) bond motifs is 1. The molecule has 0 unspecified atom stereocenters. The summed E-state index contributed by atoms with van der Waals surface area (Å²) in [5, 5.41) is 10.8. The normalized spacial score (nSPS) is 16.2. The number of carbonyl (C=O) groups excluding carboxylic acids is 1. The number of nitrogens with zero attached hydrogens (tertiary/aromatic N) is 2. The lowest BCUT2D eigenvalue weighted by Crippen LogP contribution is -2.49. The second-order valence-electron chi connectivity index (χ2n) is 8.05. The lowest BCUT2D eigenvalue weighted by atomic mass is 9.98. The van der Waals surface area contributed by atoms with Crippen molar-refractivity contribution in [3.63, 3.8) is 0 Å². The Hall–Kier alpha value is -2.68. The fourth-order valence-corrected chi connectivity index (χ4v) is 5.19. The van der Waals surface area contributed by atoms with E-state index in [2.05, 4.69) is 4.90 Å². The summed E-state index contributed by atoms with van der Waals surface area (Å²) in [5.41, 5.74) is 2.11. The molecular weight excluding hydrogens is 416 g/mol. The summed E-state index contributed by atoms with van der Waals surface area (Å²) in [7, 11) is -3.28. The number of furan rings is 1. The quantitative estimate of drug-likeness (QED) is 0.590. The minimum atomic E-state index is -3.28. The molecule has 2 heterocycles. The molecule has 0 bridgehead atoms. The first-order valence-electron chi connectivity index (χ1n) is 10.3. The minimum absolute atomic E-state index is 0.0910. The minimum Gasteiger partial charge on any atom is -0.508 e. The van der Waals surface area contributed by atoms with Crippen molar-refractivity contribution in [3.8, 4) is 5.75 Å². The van der Waals surface area contributed by atoms with Gasteiger partial charge in [-0.1, -0.05) is 30.3 Å². The highest BCUT2D eigenvalue weighted by atomic mass is 32.2. The van der Waals surface area contributed by atoms with Crippen molar-refractivity contribution < 1.29 is 22.7 Å². The number of sulfonamides is 1. The standard InChI is InChI=1S/C23H26N2O5S/c1-16(2)31(28,29)25-12-10-24(11-13-25)14-18-20(26)8-9-21-22(18)19(15-30-21)23(27)17-6-4-3-5-7-17/h3-9,15-16,26H,10-14H2,1-2H3. The molecule has 1 aliphatic rings. The van der Waals surface area contributed by atoms with Gasteiger partial charge in [-0.05, 0) is 26.0 Å². The predicted octanol–water partition coefficient (Wildman–Crippen LogP) is 3.23. The van der Waals surface area contributed by atoms with Gasteiger partial charge < -0.3 is 9.52 Å². The van der Waals surface area contributed by atoms with E-state index in [0.717, 1.165) is 0 Å². The van der Waals surface area contributed by atoms with E-state index in [1.165, 1.54) is 10.6 Å². The molecule has 1 aromatic heterocycles. The maximum atomic E-state index is 13.1. The molecule has 4 rings (SSSR count). The van der Waals surface area contributed by atoms with Crippen LogP contribution in [0.4, 0.5) is 0 Å². The zero-order chi connectivity index (χ0) is 22.2. The number of hydrogen-bond donors (Lipinski definition) is 1. The Morgan fingerprint density at radius 2 is 1.74 bits per heavy atom. The molecule has 3 aromatic rings. The fraction of sp³-hybridized carbons (Fsp3) is 0.348. The molecule has 31 heavy (non-hydrogen) atoms. The van der Waals surface area contributed by atoms with E-state index < -0.39 is 15.3 Å². The van der Waals surface area contributed by atoms with E-state index in [0.29, 0.717) is 60.4 Å². The van der Waals surface area contributed by atoms with Crippen molar-refractivity contribution in [3.05, 3.63) is 65.4 Å². The molecule has 0 spiro atoms. The first-order valence-corrected chi connectivity index (χ1v) is 11.8. The number of aromatic hydroxyl groups is 1. The Morgan fingerprint density at radius 3 is 2.39 bits per heavy atom. The molecule has 0 amide bonds. The Morgan fingerprint density at radius 1 is 1.06 bits per heavy atom.